The lowest BCUT2D eigenvalue weighted by atomic mass is 10.1. The van der Waals surface area contributed by atoms with Crippen molar-refractivity contribution in [2.24, 2.45) is 0 Å². The predicted molar refractivity (Wildman–Crippen MR) is 112 cm³/mol. The van der Waals surface area contributed by atoms with Gasteiger partial charge in [-0.2, -0.15) is 10.4 Å². The Morgan fingerprint density at radius 1 is 1.14 bits per heavy atom. The van der Waals surface area contributed by atoms with Crippen LogP contribution in [0.15, 0.2) is 59.5 Å². The average Bonchev–Trinajstić information content (AvgIpc) is 3.07. The van der Waals surface area contributed by atoms with Crippen molar-refractivity contribution >= 4 is 15.8 Å². The van der Waals surface area contributed by atoms with Gasteiger partial charge in [-0.3, -0.25) is 0 Å². The van der Waals surface area contributed by atoms with E-state index in [4.69, 9.17) is 5.73 Å². The molecule has 7 nitrogen and oxygen atoms in total. The normalized spacial score (nSPS) is 11.3. The van der Waals surface area contributed by atoms with Crippen LogP contribution in [0.2, 0.25) is 0 Å². The third-order valence-corrected chi connectivity index (χ3v) is 6.11. The highest BCUT2D eigenvalue weighted by molar-refractivity contribution is 7.89. The first kappa shape index (κ1) is 20.6. The second kappa shape index (κ2) is 8.90. The number of rotatable bonds is 8. The largest absolute Gasteiger partial charge is 0.382 e. The summed E-state index contributed by atoms with van der Waals surface area (Å²) in [5.74, 6) is 0.283. The fourth-order valence-electron chi connectivity index (χ4n) is 2.99. The molecule has 0 amide bonds. The number of nitrogens with zero attached hydrogens (tertiary/aromatic N) is 3. The van der Waals surface area contributed by atoms with Crippen LogP contribution in [-0.2, 0) is 22.9 Å². The smallest absolute Gasteiger partial charge is 0.240 e. The molecule has 0 atom stereocenters. The number of nitrogens with one attached hydrogen (secondary N) is 1. The summed E-state index contributed by atoms with van der Waals surface area (Å²) in [7, 11) is -3.57. The van der Waals surface area contributed by atoms with E-state index in [1.807, 2.05) is 49.4 Å². The van der Waals surface area contributed by atoms with Crippen molar-refractivity contribution in [2.45, 2.75) is 31.1 Å². The van der Waals surface area contributed by atoms with E-state index in [1.54, 1.807) is 12.1 Å². The number of nitrogens with two attached hydrogens (primary N) is 1. The Kier molecular flexibility index (Phi) is 6.32. The quantitative estimate of drug-likeness (QED) is 0.555. The topological polar surface area (TPSA) is 114 Å². The zero-order valence-corrected chi connectivity index (χ0v) is 17.0. The van der Waals surface area contributed by atoms with Crippen LogP contribution in [0.4, 0.5) is 5.82 Å². The first-order valence-electron chi connectivity index (χ1n) is 9.37. The van der Waals surface area contributed by atoms with E-state index < -0.39 is 10.0 Å². The number of aryl methyl sites for hydroxylation is 2. The molecule has 29 heavy (non-hydrogen) atoms. The molecule has 3 rings (SSSR count). The number of aromatic nitrogens is 2. The maximum atomic E-state index is 12.4. The first-order chi connectivity index (χ1) is 14.0. The van der Waals surface area contributed by atoms with E-state index in [0.717, 1.165) is 17.7 Å². The molecular weight excluding hydrogens is 386 g/mol. The molecule has 0 aliphatic heterocycles. The summed E-state index contributed by atoms with van der Waals surface area (Å²) < 4.78 is 28.9. The maximum Gasteiger partial charge on any atom is 0.240 e. The lowest BCUT2D eigenvalue weighted by molar-refractivity contribution is 0.578. The van der Waals surface area contributed by atoms with Crippen LogP contribution in [0.25, 0.3) is 5.69 Å². The Bertz CT molecular complexity index is 1110. The predicted octanol–water partition coefficient (Wildman–Crippen LogP) is 2.80. The van der Waals surface area contributed by atoms with Crippen LogP contribution in [-0.4, -0.2) is 24.7 Å². The van der Waals surface area contributed by atoms with Crippen LogP contribution >= 0.6 is 0 Å². The van der Waals surface area contributed by atoms with Crippen molar-refractivity contribution in [3.05, 3.63) is 71.4 Å². The summed E-state index contributed by atoms with van der Waals surface area (Å²) in [4.78, 5) is 0.241. The van der Waals surface area contributed by atoms with Gasteiger partial charge in [-0.15, -0.1) is 0 Å². The Labute approximate surface area is 170 Å². The molecule has 0 fully saturated rings. The molecule has 0 saturated heterocycles. The number of anilines is 1. The number of hydrogen-bond acceptors (Lipinski definition) is 5. The van der Waals surface area contributed by atoms with Gasteiger partial charge in [-0.1, -0.05) is 37.3 Å². The van der Waals surface area contributed by atoms with Gasteiger partial charge in [-0.05, 0) is 49.1 Å². The van der Waals surface area contributed by atoms with Crippen molar-refractivity contribution in [1.82, 2.24) is 14.5 Å². The van der Waals surface area contributed by atoms with Gasteiger partial charge in [0.1, 0.15) is 17.5 Å². The number of benzene rings is 2. The molecule has 0 unspecified atom stereocenters. The summed E-state index contributed by atoms with van der Waals surface area (Å²) in [5.41, 5.74) is 8.82. The third-order valence-electron chi connectivity index (χ3n) is 4.63. The molecule has 0 bridgehead atoms. The maximum absolute atomic E-state index is 12.4. The molecule has 3 N–H and O–H groups in total. The van der Waals surface area contributed by atoms with Crippen LogP contribution in [0.5, 0.6) is 0 Å². The molecular formula is C21H23N5O2S. The molecule has 0 aliphatic carbocycles. The molecule has 0 spiro atoms. The van der Waals surface area contributed by atoms with Crippen molar-refractivity contribution in [3.8, 4) is 11.8 Å². The second-order valence-corrected chi connectivity index (χ2v) is 8.33. The molecule has 0 radical (unpaired) electrons. The van der Waals surface area contributed by atoms with Crippen LogP contribution in [0.3, 0.4) is 0 Å². The molecule has 1 aromatic heterocycles. The number of nitrogen functional groups attached to an aromatic ring is 1. The van der Waals surface area contributed by atoms with E-state index in [2.05, 4.69) is 15.9 Å². The molecule has 3 aromatic rings. The summed E-state index contributed by atoms with van der Waals surface area (Å²) >= 11 is 0. The van der Waals surface area contributed by atoms with Crippen molar-refractivity contribution in [2.75, 3.05) is 12.3 Å². The van der Waals surface area contributed by atoms with Crippen molar-refractivity contribution in [1.29, 1.82) is 5.26 Å². The Morgan fingerprint density at radius 3 is 2.45 bits per heavy atom. The summed E-state index contributed by atoms with van der Waals surface area (Å²) in [5, 5.41) is 13.9. The van der Waals surface area contributed by atoms with Gasteiger partial charge in [0.2, 0.25) is 10.0 Å². The standard InChI is InChI=1S/C21H23N5O2S/c1-2-16-10-12-18(13-11-16)29(27,28)24-14-6-9-20-19(15-22)21(23)26(25-20)17-7-4-3-5-8-17/h3-5,7-8,10-13,24H,2,6,9,14,23H2,1H3. The van der Waals surface area contributed by atoms with Crippen LogP contribution < -0.4 is 10.5 Å². The van der Waals surface area contributed by atoms with E-state index in [0.29, 0.717) is 24.1 Å². The highest BCUT2D eigenvalue weighted by Crippen LogP contribution is 2.21. The molecule has 8 heteroatoms. The minimum atomic E-state index is -3.57. The monoisotopic (exact) mass is 409 g/mol. The summed E-state index contributed by atoms with van der Waals surface area (Å²) in [6.07, 6.45) is 1.78. The van der Waals surface area contributed by atoms with Gasteiger partial charge in [0.05, 0.1) is 16.3 Å². The van der Waals surface area contributed by atoms with Gasteiger partial charge in [0.25, 0.3) is 0 Å². The summed E-state index contributed by atoms with van der Waals surface area (Å²) in [6.45, 7) is 2.25. The lowest BCUT2D eigenvalue weighted by Crippen LogP contribution is -2.25. The Morgan fingerprint density at radius 2 is 1.83 bits per heavy atom. The number of hydrogen-bond donors (Lipinski definition) is 2. The zero-order chi connectivity index (χ0) is 20.9. The van der Waals surface area contributed by atoms with Crippen LogP contribution in [0, 0.1) is 11.3 Å². The van der Waals surface area contributed by atoms with Gasteiger partial charge in [-0.25, -0.2) is 17.8 Å². The van der Waals surface area contributed by atoms with Gasteiger partial charge < -0.3 is 5.73 Å². The fraction of sp³-hybridized carbons (Fsp3) is 0.238. The van der Waals surface area contributed by atoms with E-state index in [-0.39, 0.29) is 17.3 Å². The minimum Gasteiger partial charge on any atom is -0.382 e. The van der Waals surface area contributed by atoms with Gasteiger partial charge >= 0.3 is 0 Å². The van der Waals surface area contributed by atoms with Gasteiger partial charge in [0.15, 0.2) is 0 Å². The number of sulfonamides is 1. The second-order valence-electron chi connectivity index (χ2n) is 6.56. The molecule has 1 heterocycles. The highest BCUT2D eigenvalue weighted by Gasteiger charge is 2.17. The van der Waals surface area contributed by atoms with Crippen LogP contribution in [0.1, 0.15) is 30.2 Å². The number of nitriles is 1. The van der Waals surface area contributed by atoms with E-state index >= 15 is 0 Å². The SMILES string of the molecule is CCc1ccc(S(=O)(=O)NCCCc2nn(-c3ccccc3)c(N)c2C#N)cc1. The first-order valence-corrected chi connectivity index (χ1v) is 10.9. The summed E-state index contributed by atoms with van der Waals surface area (Å²) in [6, 6.07) is 18.3. The van der Waals surface area contributed by atoms with Crippen molar-refractivity contribution < 1.29 is 8.42 Å². The molecule has 0 aliphatic rings. The van der Waals surface area contributed by atoms with E-state index in [1.165, 1.54) is 4.68 Å². The molecule has 2 aromatic carbocycles. The van der Waals surface area contributed by atoms with Gasteiger partial charge in [0, 0.05) is 6.54 Å². The zero-order valence-electron chi connectivity index (χ0n) is 16.2. The lowest BCUT2D eigenvalue weighted by Gasteiger charge is -2.07. The highest BCUT2D eigenvalue weighted by atomic mass is 32.2. The fourth-order valence-corrected chi connectivity index (χ4v) is 4.07. The Balaban J connectivity index is 1.65. The third kappa shape index (κ3) is 4.65. The minimum absolute atomic E-state index is 0.237. The number of para-hydroxylation sites is 1. The molecule has 150 valence electrons. The van der Waals surface area contributed by atoms with Crippen molar-refractivity contribution in [3.63, 3.8) is 0 Å². The molecule has 0 saturated carbocycles. The Hall–Kier alpha value is -3.15. The van der Waals surface area contributed by atoms with E-state index in [9.17, 15) is 13.7 Å². The average molecular weight is 410 g/mol.